The molecular weight excluding hydrogens is 336 g/mol. The topological polar surface area (TPSA) is 15.3 Å². The van der Waals surface area contributed by atoms with Crippen LogP contribution in [0.15, 0.2) is 22.7 Å². The third-order valence-electron chi connectivity index (χ3n) is 4.05. The second-order valence-corrected chi connectivity index (χ2v) is 6.92. The molecule has 0 saturated carbocycles. The van der Waals surface area contributed by atoms with Crippen molar-refractivity contribution >= 4 is 27.5 Å². The van der Waals surface area contributed by atoms with E-state index in [9.17, 15) is 0 Å². The van der Waals surface area contributed by atoms with Crippen LogP contribution in [0.25, 0.3) is 0 Å². The van der Waals surface area contributed by atoms with E-state index in [-0.39, 0.29) is 0 Å². The normalized spacial score (nSPS) is 20.2. The molecule has 1 heterocycles. The van der Waals surface area contributed by atoms with E-state index in [4.69, 9.17) is 11.6 Å². The number of nitrogens with zero attached hydrogens (tertiary/aromatic N) is 1. The molecule has 0 spiro atoms. The Morgan fingerprint density at radius 2 is 2.25 bits per heavy atom. The average molecular weight is 360 g/mol. The number of rotatable bonds is 6. The van der Waals surface area contributed by atoms with E-state index in [0.717, 1.165) is 28.6 Å². The average Bonchev–Trinajstić information content (AvgIpc) is 2.44. The summed E-state index contributed by atoms with van der Waals surface area (Å²) >= 11 is 9.45. The summed E-state index contributed by atoms with van der Waals surface area (Å²) in [5, 5.41) is 4.28. The molecule has 0 aliphatic carbocycles. The van der Waals surface area contributed by atoms with E-state index >= 15 is 0 Å². The van der Waals surface area contributed by atoms with Crippen molar-refractivity contribution in [3.63, 3.8) is 0 Å². The molecule has 1 saturated heterocycles. The Morgan fingerprint density at radius 3 is 3.00 bits per heavy atom. The SMILES string of the molecule is CC1CCCCN1CCCNCc1ccc(Cl)c(Br)c1. The lowest BCUT2D eigenvalue weighted by Gasteiger charge is -2.33. The maximum absolute atomic E-state index is 5.99. The van der Waals surface area contributed by atoms with Crippen LogP contribution in [0.2, 0.25) is 5.02 Å². The molecule has 112 valence electrons. The maximum Gasteiger partial charge on any atom is 0.0548 e. The molecule has 1 atom stereocenters. The van der Waals surface area contributed by atoms with Crippen molar-refractivity contribution < 1.29 is 0 Å². The highest BCUT2D eigenvalue weighted by Gasteiger charge is 2.16. The lowest BCUT2D eigenvalue weighted by molar-refractivity contribution is 0.159. The molecule has 20 heavy (non-hydrogen) atoms. The molecule has 2 rings (SSSR count). The summed E-state index contributed by atoms with van der Waals surface area (Å²) in [5.41, 5.74) is 1.27. The summed E-state index contributed by atoms with van der Waals surface area (Å²) in [6.07, 6.45) is 5.36. The van der Waals surface area contributed by atoms with Gasteiger partial charge in [-0.05, 0) is 79.4 Å². The molecule has 1 fully saturated rings. The van der Waals surface area contributed by atoms with Gasteiger partial charge in [0.1, 0.15) is 0 Å². The molecule has 0 aromatic heterocycles. The first-order valence-electron chi connectivity index (χ1n) is 7.55. The number of hydrogen-bond donors (Lipinski definition) is 1. The predicted octanol–water partition coefficient (Wildman–Crippen LogP) is 4.46. The fourth-order valence-electron chi connectivity index (χ4n) is 2.78. The van der Waals surface area contributed by atoms with Crippen molar-refractivity contribution in [2.45, 2.75) is 45.2 Å². The zero-order valence-electron chi connectivity index (χ0n) is 12.2. The summed E-state index contributed by atoms with van der Waals surface area (Å²) in [6.45, 7) is 6.84. The van der Waals surface area contributed by atoms with Gasteiger partial charge in [-0.3, -0.25) is 0 Å². The number of likely N-dealkylation sites (tertiary alicyclic amines) is 1. The molecule has 1 aromatic carbocycles. The van der Waals surface area contributed by atoms with E-state index in [1.807, 2.05) is 6.07 Å². The third kappa shape index (κ3) is 5.03. The Balaban J connectivity index is 1.62. The van der Waals surface area contributed by atoms with Crippen LogP contribution in [0.4, 0.5) is 0 Å². The predicted molar refractivity (Wildman–Crippen MR) is 90.4 cm³/mol. The summed E-state index contributed by atoms with van der Waals surface area (Å²) in [7, 11) is 0. The standard InChI is InChI=1S/C16H24BrClN2/c1-13-5-2-3-9-20(13)10-4-8-19-12-14-6-7-16(18)15(17)11-14/h6-7,11,13,19H,2-5,8-10,12H2,1H3. The highest BCUT2D eigenvalue weighted by Crippen LogP contribution is 2.23. The van der Waals surface area contributed by atoms with E-state index in [1.165, 1.54) is 44.3 Å². The molecule has 0 radical (unpaired) electrons. The second-order valence-electron chi connectivity index (χ2n) is 5.66. The van der Waals surface area contributed by atoms with Gasteiger partial charge >= 0.3 is 0 Å². The smallest absolute Gasteiger partial charge is 0.0548 e. The van der Waals surface area contributed by atoms with Crippen LogP contribution >= 0.6 is 27.5 Å². The molecule has 1 aliphatic heterocycles. The Kier molecular flexibility index (Phi) is 6.82. The first kappa shape index (κ1) is 16.3. The molecule has 0 bridgehead atoms. The minimum atomic E-state index is 0.771. The highest BCUT2D eigenvalue weighted by atomic mass is 79.9. The van der Waals surface area contributed by atoms with E-state index in [1.54, 1.807) is 0 Å². The zero-order valence-corrected chi connectivity index (χ0v) is 14.5. The molecule has 0 amide bonds. The second kappa shape index (κ2) is 8.38. The van der Waals surface area contributed by atoms with Gasteiger partial charge in [0, 0.05) is 17.1 Å². The molecule has 1 unspecified atom stereocenters. The number of piperidine rings is 1. The van der Waals surface area contributed by atoms with Crippen molar-refractivity contribution in [1.29, 1.82) is 0 Å². The monoisotopic (exact) mass is 358 g/mol. The van der Waals surface area contributed by atoms with Gasteiger partial charge in [0.2, 0.25) is 0 Å². The first-order valence-corrected chi connectivity index (χ1v) is 8.72. The van der Waals surface area contributed by atoms with Gasteiger partial charge < -0.3 is 10.2 Å². The molecule has 1 aromatic rings. The van der Waals surface area contributed by atoms with Gasteiger partial charge in [-0.2, -0.15) is 0 Å². The lowest BCUT2D eigenvalue weighted by atomic mass is 10.0. The van der Waals surface area contributed by atoms with Crippen LogP contribution in [0.3, 0.4) is 0 Å². The van der Waals surface area contributed by atoms with Crippen LogP contribution in [0.5, 0.6) is 0 Å². The first-order chi connectivity index (χ1) is 9.66. The Hall–Kier alpha value is -0.0900. The molecular formula is C16H24BrClN2. The quantitative estimate of drug-likeness (QED) is 0.755. The molecule has 2 nitrogen and oxygen atoms in total. The van der Waals surface area contributed by atoms with Crippen LogP contribution < -0.4 is 5.32 Å². The minimum absolute atomic E-state index is 0.771. The summed E-state index contributed by atoms with van der Waals surface area (Å²) in [6, 6.07) is 6.88. The number of halogens is 2. The maximum atomic E-state index is 5.99. The fraction of sp³-hybridized carbons (Fsp3) is 0.625. The van der Waals surface area contributed by atoms with Crippen LogP contribution in [0, 0.1) is 0 Å². The van der Waals surface area contributed by atoms with Crippen LogP contribution in [-0.2, 0) is 6.54 Å². The van der Waals surface area contributed by atoms with Gasteiger partial charge in [0.05, 0.1) is 5.02 Å². The minimum Gasteiger partial charge on any atom is -0.313 e. The summed E-state index contributed by atoms with van der Waals surface area (Å²) < 4.78 is 0.973. The number of nitrogens with one attached hydrogen (secondary N) is 1. The molecule has 4 heteroatoms. The summed E-state index contributed by atoms with van der Waals surface area (Å²) in [4.78, 5) is 2.63. The number of hydrogen-bond acceptors (Lipinski definition) is 2. The van der Waals surface area contributed by atoms with Gasteiger partial charge in [0.25, 0.3) is 0 Å². The van der Waals surface area contributed by atoms with Gasteiger partial charge in [0.15, 0.2) is 0 Å². The van der Waals surface area contributed by atoms with E-state index in [2.05, 4.69) is 45.2 Å². The zero-order chi connectivity index (χ0) is 14.4. The lowest BCUT2D eigenvalue weighted by Crippen LogP contribution is -2.38. The summed E-state index contributed by atoms with van der Waals surface area (Å²) in [5.74, 6) is 0. The Morgan fingerprint density at radius 1 is 1.40 bits per heavy atom. The highest BCUT2D eigenvalue weighted by molar-refractivity contribution is 9.10. The van der Waals surface area contributed by atoms with Crippen molar-refractivity contribution in [3.05, 3.63) is 33.3 Å². The van der Waals surface area contributed by atoms with E-state index in [0.29, 0.717) is 0 Å². The third-order valence-corrected chi connectivity index (χ3v) is 5.27. The molecule has 1 N–H and O–H groups in total. The van der Waals surface area contributed by atoms with Gasteiger partial charge in [-0.25, -0.2) is 0 Å². The van der Waals surface area contributed by atoms with Crippen molar-refractivity contribution in [2.75, 3.05) is 19.6 Å². The fourth-order valence-corrected chi connectivity index (χ4v) is 3.32. The Bertz CT molecular complexity index is 425. The van der Waals surface area contributed by atoms with Gasteiger partial charge in [-0.1, -0.05) is 24.1 Å². The molecule has 1 aliphatic rings. The van der Waals surface area contributed by atoms with Crippen LogP contribution in [0.1, 0.15) is 38.2 Å². The van der Waals surface area contributed by atoms with Crippen LogP contribution in [-0.4, -0.2) is 30.6 Å². The van der Waals surface area contributed by atoms with Gasteiger partial charge in [-0.15, -0.1) is 0 Å². The Labute approximate surface area is 136 Å². The number of benzene rings is 1. The van der Waals surface area contributed by atoms with Crippen molar-refractivity contribution in [1.82, 2.24) is 10.2 Å². The van der Waals surface area contributed by atoms with E-state index < -0.39 is 0 Å². The van der Waals surface area contributed by atoms with Crippen molar-refractivity contribution in [2.24, 2.45) is 0 Å². The van der Waals surface area contributed by atoms with Crippen molar-refractivity contribution in [3.8, 4) is 0 Å². The largest absolute Gasteiger partial charge is 0.313 e.